The summed E-state index contributed by atoms with van der Waals surface area (Å²) < 4.78 is 0. The zero-order chi connectivity index (χ0) is 12.8. The van der Waals surface area contributed by atoms with E-state index in [-0.39, 0.29) is 24.4 Å². The molecule has 3 N–H and O–H groups in total. The van der Waals surface area contributed by atoms with E-state index in [2.05, 4.69) is 26.1 Å². The van der Waals surface area contributed by atoms with Gasteiger partial charge in [-0.15, -0.1) is 12.4 Å². The van der Waals surface area contributed by atoms with Gasteiger partial charge in [0.05, 0.1) is 6.04 Å². The SMILES string of the molecule is CCCC(N)C(=O)NC1CCC(C(C)C)CC1.Cl. The summed E-state index contributed by atoms with van der Waals surface area (Å²) in [6, 6.07) is 0.0447. The minimum atomic E-state index is -0.317. The van der Waals surface area contributed by atoms with Crippen LogP contribution in [-0.2, 0) is 4.79 Å². The second kappa shape index (κ2) is 8.76. The van der Waals surface area contributed by atoms with Gasteiger partial charge in [-0.05, 0) is 43.9 Å². The van der Waals surface area contributed by atoms with Crippen LogP contribution < -0.4 is 11.1 Å². The van der Waals surface area contributed by atoms with Crippen molar-refractivity contribution in [1.82, 2.24) is 5.32 Å². The fraction of sp³-hybridized carbons (Fsp3) is 0.929. The van der Waals surface area contributed by atoms with Crippen molar-refractivity contribution >= 4 is 18.3 Å². The lowest BCUT2D eigenvalue weighted by molar-refractivity contribution is -0.123. The average Bonchev–Trinajstić information content (AvgIpc) is 2.30. The number of nitrogens with one attached hydrogen (secondary N) is 1. The third-order valence-electron chi connectivity index (χ3n) is 4.00. The van der Waals surface area contributed by atoms with Gasteiger partial charge < -0.3 is 11.1 Å². The zero-order valence-corrected chi connectivity index (χ0v) is 12.8. The Hall–Kier alpha value is -0.280. The molecule has 108 valence electrons. The lowest BCUT2D eigenvalue weighted by Gasteiger charge is -2.31. The molecule has 3 nitrogen and oxygen atoms in total. The standard InChI is InChI=1S/C14H28N2O.ClH/c1-4-5-13(15)14(17)16-12-8-6-11(7-9-12)10(2)3;/h10-13H,4-9,15H2,1-3H3,(H,16,17);1H. The lowest BCUT2D eigenvalue weighted by Crippen LogP contribution is -2.46. The van der Waals surface area contributed by atoms with Crippen LogP contribution in [0, 0.1) is 11.8 Å². The van der Waals surface area contributed by atoms with E-state index >= 15 is 0 Å². The smallest absolute Gasteiger partial charge is 0.237 e. The maximum Gasteiger partial charge on any atom is 0.237 e. The highest BCUT2D eigenvalue weighted by Gasteiger charge is 2.25. The van der Waals surface area contributed by atoms with Gasteiger partial charge in [-0.1, -0.05) is 27.2 Å². The van der Waals surface area contributed by atoms with E-state index in [0.29, 0.717) is 6.04 Å². The number of amides is 1. The molecule has 0 aromatic rings. The summed E-state index contributed by atoms with van der Waals surface area (Å²) in [7, 11) is 0. The van der Waals surface area contributed by atoms with E-state index in [0.717, 1.165) is 37.5 Å². The third kappa shape index (κ3) is 5.57. The molecule has 1 atom stereocenters. The summed E-state index contributed by atoms with van der Waals surface area (Å²) in [6.45, 7) is 6.64. The van der Waals surface area contributed by atoms with Gasteiger partial charge in [0, 0.05) is 6.04 Å². The Bertz CT molecular complexity index is 238. The van der Waals surface area contributed by atoms with Gasteiger partial charge in [-0.2, -0.15) is 0 Å². The number of nitrogens with two attached hydrogens (primary N) is 1. The molecular formula is C14H29ClN2O. The molecule has 1 fully saturated rings. The van der Waals surface area contributed by atoms with E-state index in [4.69, 9.17) is 5.73 Å². The molecule has 1 unspecified atom stereocenters. The topological polar surface area (TPSA) is 55.1 Å². The predicted molar refractivity (Wildman–Crippen MR) is 78.9 cm³/mol. The second-order valence-electron chi connectivity index (χ2n) is 5.76. The van der Waals surface area contributed by atoms with Crippen molar-refractivity contribution in [2.45, 2.75) is 71.4 Å². The molecule has 1 amide bonds. The molecule has 0 saturated heterocycles. The van der Waals surface area contributed by atoms with Crippen LogP contribution in [0.2, 0.25) is 0 Å². The monoisotopic (exact) mass is 276 g/mol. The molecule has 0 spiro atoms. The zero-order valence-electron chi connectivity index (χ0n) is 11.9. The Morgan fingerprint density at radius 3 is 2.28 bits per heavy atom. The molecule has 0 bridgehead atoms. The van der Waals surface area contributed by atoms with Gasteiger partial charge in [0.15, 0.2) is 0 Å². The summed E-state index contributed by atoms with van der Waals surface area (Å²) in [5.41, 5.74) is 5.81. The van der Waals surface area contributed by atoms with Crippen LogP contribution in [0.3, 0.4) is 0 Å². The van der Waals surface area contributed by atoms with Gasteiger partial charge in [0.25, 0.3) is 0 Å². The van der Waals surface area contributed by atoms with Crippen molar-refractivity contribution in [3.8, 4) is 0 Å². The second-order valence-corrected chi connectivity index (χ2v) is 5.76. The summed E-state index contributed by atoms with van der Waals surface area (Å²) in [5.74, 6) is 1.65. The highest BCUT2D eigenvalue weighted by atomic mass is 35.5. The Kier molecular flexibility index (Phi) is 8.62. The van der Waals surface area contributed by atoms with Crippen molar-refractivity contribution < 1.29 is 4.79 Å². The van der Waals surface area contributed by atoms with E-state index in [1.807, 2.05) is 0 Å². The molecule has 1 aliphatic rings. The number of rotatable bonds is 5. The Morgan fingerprint density at radius 2 is 1.83 bits per heavy atom. The van der Waals surface area contributed by atoms with E-state index in [9.17, 15) is 4.79 Å². The first kappa shape index (κ1) is 17.7. The Labute approximate surface area is 118 Å². The number of halogens is 1. The van der Waals surface area contributed by atoms with Crippen LogP contribution in [0.15, 0.2) is 0 Å². The van der Waals surface area contributed by atoms with Crippen LogP contribution in [0.25, 0.3) is 0 Å². The van der Waals surface area contributed by atoms with Crippen LogP contribution in [-0.4, -0.2) is 18.0 Å². The predicted octanol–water partition coefficient (Wildman–Crippen LogP) is 2.87. The van der Waals surface area contributed by atoms with Crippen LogP contribution in [0.1, 0.15) is 59.3 Å². The number of carbonyl (C=O) groups is 1. The minimum absolute atomic E-state index is 0. The fourth-order valence-corrected chi connectivity index (χ4v) is 2.68. The van der Waals surface area contributed by atoms with E-state index in [1.165, 1.54) is 12.8 Å². The lowest BCUT2D eigenvalue weighted by atomic mass is 9.79. The molecule has 0 heterocycles. The highest BCUT2D eigenvalue weighted by molar-refractivity contribution is 5.85. The van der Waals surface area contributed by atoms with Gasteiger partial charge in [-0.3, -0.25) is 4.79 Å². The van der Waals surface area contributed by atoms with Gasteiger partial charge in [-0.25, -0.2) is 0 Å². The Balaban J connectivity index is 0.00000289. The van der Waals surface area contributed by atoms with Crippen molar-refractivity contribution in [2.75, 3.05) is 0 Å². The molecule has 1 aliphatic carbocycles. The van der Waals surface area contributed by atoms with Gasteiger partial charge in [0.2, 0.25) is 5.91 Å². The third-order valence-corrected chi connectivity index (χ3v) is 4.00. The minimum Gasteiger partial charge on any atom is -0.352 e. The maximum absolute atomic E-state index is 11.8. The first-order valence-corrected chi connectivity index (χ1v) is 7.10. The maximum atomic E-state index is 11.8. The quantitative estimate of drug-likeness (QED) is 0.811. The summed E-state index contributed by atoms with van der Waals surface area (Å²) in [5, 5.41) is 3.10. The number of hydrogen-bond acceptors (Lipinski definition) is 2. The molecule has 0 radical (unpaired) electrons. The number of carbonyl (C=O) groups excluding carboxylic acids is 1. The molecule has 18 heavy (non-hydrogen) atoms. The summed E-state index contributed by atoms with van der Waals surface area (Å²) in [6.07, 6.45) is 6.47. The van der Waals surface area contributed by atoms with Crippen LogP contribution >= 0.6 is 12.4 Å². The molecule has 0 aromatic heterocycles. The average molecular weight is 277 g/mol. The molecule has 0 aliphatic heterocycles. The van der Waals surface area contributed by atoms with Gasteiger partial charge in [0.1, 0.15) is 0 Å². The largest absolute Gasteiger partial charge is 0.352 e. The highest BCUT2D eigenvalue weighted by Crippen LogP contribution is 2.29. The molecule has 4 heteroatoms. The van der Waals surface area contributed by atoms with Crippen LogP contribution in [0.5, 0.6) is 0 Å². The van der Waals surface area contributed by atoms with Crippen LogP contribution in [0.4, 0.5) is 0 Å². The van der Waals surface area contributed by atoms with E-state index in [1.54, 1.807) is 0 Å². The van der Waals surface area contributed by atoms with Crippen molar-refractivity contribution in [3.63, 3.8) is 0 Å². The summed E-state index contributed by atoms with van der Waals surface area (Å²) >= 11 is 0. The van der Waals surface area contributed by atoms with Gasteiger partial charge >= 0.3 is 0 Å². The molecular weight excluding hydrogens is 248 g/mol. The summed E-state index contributed by atoms with van der Waals surface area (Å²) in [4.78, 5) is 11.8. The molecule has 0 aromatic carbocycles. The first-order valence-electron chi connectivity index (χ1n) is 7.10. The number of hydrogen-bond donors (Lipinski definition) is 2. The molecule has 1 rings (SSSR count). The Morgan fingerprint density at radius 1 is 1.28 bits per heavy atom. The normalized spacial score (nSPS) is 25.4. The fourth-order valence-electron chi connectivity index (χ4n) is 2.68. The van der Waals surface area contributed by atoms with Crippen molar-refractivity contribution in [1.29, 1.82) is 0 Å². The van der Waals surface area contributed by atoms with Crippen molar-refractivity contribution in [2.24, 2.45) is 17.6 Å². The molecule has 1 saturated carbocycles. The first-order chi connectivity index (χ1) is 8.04. The van der Waals surface area contributed by atoms with E-state index < -0.39 is 0 Å². The van der Waals surface area contributed by atoms with Crippen molar-refractivity contribution in [3.05, 3.63) is 0 Å².